The van der Waals surface area contributed by atoms with Crippen LogP contribution in [0.1, 0.15) is 34.6 Å². The second-order valence-electron chi connectivity index (χ2n) is 6.36. The number of alkyl halides is 3. The van der Waals surface area contributed by atoms with Crippen LogP contribution in [0.3, 0.4) is 0 Å². The molecule has 28 heavy (non-hydrogen) atoms. The zero-order valence-corrected chi connectivity index (χ0v) is 14.8. The van der Waals surface area contributed by atoms with Crippen molar-refractivity contribution >= 4 is 17.8 Å². The third kappa shape index (κ3) is 5.66. The van der Waals surface area contributed by atoms with Gasteiger partial charge in [0.1, 0.15) is 11.4 Å². The molecule has 1 saturated carbocycles. The molecule has 2 aromatic rings. The average Bonchev–Trinajstić information content (AvgIpc) is 3.43. The van der Waals surface area contributed by atoms with Gasteiger partial charge in [-0.1, -0.05) is 12.1 Å². The molecule has 1 aliphatic carbocycles. The molecule has 2 amide bonds. The van der Waals surface area contributed by atoms with Crippen LogP contribution in [0.2, 0.25) is 0 Å². The molecule has 0 unspecified atom stereocenters. The molecule has 0 spiro atoms. The third-order valence-corrected chi connectivity index (χ3v) is 3.86. The molecule has 1 aromatic heterocycles. The van der Waals surface area contributed by atoms with Crippen molar-refractivity contribution in [2.75, 3.05) is 5.32 Å². The molecule has 1 aromatic carbocycles. The molecule has 0 saturated heterocycles. The van der Waals surface area contributed by atoms with E-state index in [1.54, 1.807) is 13.0 Å². The van der Waals surface area contributed by atoms with E-state index in [0.29, 0.717) is 11.3 Å². The number of carbonyl (C=O) groups excluding carboxylic acids is 2. The lowest BCUT2D eigenvalue weighted by Crippen LogP contribution is -2.25. The van der Waals surface area contributed by atoms with E-state index in [-0.39, 0.29) is 35.8 Å². The Labute approximate surface area is 158 Å². The zero-order chi connectivity index (χ0) is 20.3. The largest absolute Gasteiger partial charge is 0.573 e. The Bertz CT molecular complexity index is 898. The number of carbonyl (C=O) groups is 2. The maximum Gasteiger partial charge on any atom is 0.573 e. The van der Waals surface area contributed by atoms with E-state index in [1.807, 2.05) is 0 Å². The Kier molecular flexibility index (Phi) is 5.48. The van der Waals surface area contributed by atoms with Gasteiger partial charge >= 0.3 is 6.36 Å². The van der Waals surface area contributed by atoms with Crippen LogP contribution in [0.15, 0.2) is 30.3 Å². The lowest BCUT2D eigenvalue weighted by Gasteiger charge is -2.11. The van der Waals surface area contributed by atoms with Crippen molar-refractivity contribution in [3.8, 4) is 5.75 Å². The molecule has 0 radical (unpaired) electrons. The molecule has 1 heterocycles. The van der Waals surface area contributed by atoms with E-state index in [0.717, 1.165) is 12.8 Å². The predicted molar refractivity (Wildman–Crippen MR) is 92.4 cm³/mol. The second-order valence-corrected chi connectivity index (χ2v) is 6.36. The van der Waals surface area contributed by atoms with Crippen molar-refractivity contribution in [3.63, 3.8) is 0 Å². The summed E-state index contributed by atoms with van der Waals surface area (Å²) in [5.41, 5.74) is 0.955. The first-order valence-electron chi connectivity index (χ1n) is 8.49. The fourth-order valence-corrected chi connectivity index (χ4v) is 2.42. The van der Waals surface area contributed by atoms with Gasteiger partial charge in [0.15, 0.2) is 0 Å². The molecule has 10 heteroatoms. The van der Waals surface area contributed by atoms with Gasteiger partial charge in [0.2, 0.25) is 11.9 Å². The van der Waals surface area contributed by atoms with Crippen LogP contribution < -0.4 is 15.4 Å². The molecule has 2 N–H and O–H groups in total. The maximum absolute atomic E-state index is 12.3. The van der Waals surface area contributed by atoms with Crippen LogP contribution in [0.4, 0.5) is 19.1 Å². The third-order valence-electron chi connectivity index (χ3n) is 3.86. The molecule has 1 fully saturated rings. The van der Waals surface area contributed by atoms with E-state index < -0.39 is 12.3 Å². The molecule has 148 valence electrons. The molecular formula is C18H17F3N4O3. The highest BCUT2D eigenvalue weighted by atomic mass is 19.4. The number of rotatable bonds is 6. The van der Waals surface area contributed by atoms with Gasteiger partial charge in [0.05, 0.1) is 0 Å². The molecule has 0 bridgehead atoms. The van der Waals surface area contributed by atoms with E-state index in [4.69, 9.17) is 0 Å². The molecular weight excluding hydrogens is 377 g/mol. The fraction of sp³-hybridized carbons (Fsp3) is 0.333. The fourth-order valence-electron chi connectivity index (χ4n) is 2.42. The summed E-state index contributed by atoms with van der Waals surface area (Å²) < 4.78 is 40.7. The summed E-state index contributed by atoms with van der Waals surface area (Å²) >= 11 is 0. The lowest BCUT2D eigenvalue weighted by atomic mass is 10.2. The number of halogens is 3. The van der Waals surface area contributed by atoms with Gasteiger partial charge in [0.25, 0.3) is 5.91 Å². The monoisotopic (exact) mass is 394 g/mol. The topological polar surface area (TPSA) is 93.2 Å². The van der Waals surface area contributed by atoms with E-state index >= 15 is 0 Å². The van der Waals surface area contributed by atoms with E-state index in [9.17, 15) is 22.8 Å². The lowest BCUT2D eigenvalue weighted by molar-refractivity contribution is -0.274. The predicted octanol–water partition coefficient (Wildman–Crippen LogP) is 2.96. The average molecular weight is 394 g/mol. The normalized spacial score (nSPS) is 13.7. The summed E-state index contributed by atoms with van der Waals surface area (Å²) in [4.78, 5) is 32.3. The molecule has 7 nitrogen and oxygen atoms in total. The van der Waals surface area contributed by atoms with Gasteiger partial charge in [0, 0.05) is 18.2 Å². The van der Waals surface area contributed by atoms with Crippen LogP contribution >= 0.6 is 0 Å². The number of aryl methyl sites for hydroxylation is 1. The quantitative estimate of drug-likeness (QED) is 0.786. The number of amides is 2. The standard InChI is InChI=1S/C18H17F3N4O3/c1-10-7-14(24-17(23-10)25-15(26)12-5-6-12)16(27)22-9-11-3-2-4-13(8-11)28-18(19,20)21/h2-4,7-8,12H,5-6,9H2,1H3,(H,22,27)(H,23,24,25,26). The SMILES string of the molecule is Cc1cc(C(=O)NCc2cccc(OC(F)(F)F)c2)nc(NC(=O)C2CC2)n1. The second kappa shape index (κ2) is 7.83. The summed E-state index contributed by atoms with van der Waals surface area (Å²) in [6, 6.07) is 6.74. The number of benzene rings is 1. The summed E-state index contributed by atoms with van der Waals surface area (Å²) in [6.07, 6.45) is -3.15. The number of hydrogen-bond donors (Lipinski definition) is 2. The van der Waals surface area contributed by atoms with Crippen molar-refractivity contribution < 1.29 is 27.5 Å². The molecule has 1 aliphatic rings. The zero-order valence-electron chi connectivity index (χ0n) is 14.8. The first-order chi connectivity index (χ1) is 13.2. The Morgan fingerprint density at radius 1 is 1.21 bits per heavy atom. The van der Waals surface area contributed by atoms with Crippen molar-refractivity contribution in [3.05, 3.63) is 47.3 Å². The minimum absolute atomic E-state index is 0.0271. The van der Waals surface area contributed by atoms with Gasteiger partial charge < -0.3 is 10.1 Å². The smallest absolute Gasteiger partial charge is 0.406 e. The van der Waals surface area contributed by atoms with E-state index in [1.165, 1.54) is 24.3 Å². The van der Waals surface area contributed by atoms with Crippen LogP contribution in [0, 0.1) is 12.8 Å². The Balaban J connectivity index is 1.64. The Hall–Kier alpha value is -3.17. The first kappa shape index (κ1) is 19.6. The van der Waals surface area contributed by atoms with Crippen LogP contribution in [-0.4, -0.2) is 28.1 Å². The van der Waals surface area contributed by atoms with Crippen molar-refractivity contribution in [1.82, 2.24) is 15.3 Å². The van der Waals surface area contributed by atoms with Crippen LogP contribution in [0.5, 0.6) is 5.75 Å². The first-order valence-corrected chi connectivity index (χ1v) is 8.49. The summed E-state index contributed by atoms with van der Waals surface area (Å²) in [5.74, 6) is -1.09. The van der Waals surface area contributed by atoms with Crippen molar-refractivity contribution in [1.29, 1.82) is 0 Å². The number of ether oxygens (including phenoxy) is 1. The minimum Gasteiger partial charge on any atom is -0.406 e. The highest BCUT2D eigenvalue weighted by Crippen LogP contribution is 2.29. The highest BCUT2D eigenvalue weighted by molar-refractivity contribution is 5.95. The van der Waals surface area contributed by atoms with Gasteiger partial charge in [-0.15, -0.1) is 13.2 Å². The number of aromatic nitrogens is 2. The number of hydrogen-bond acceptors (Lipinski definition) is 5. The summed E-state index contributed by atoms with van der Waals surface area (Å²) in [6.45, 7) is 1.63. The van der Waals surface area contributed by atoms with Crippen LogP contribution in [0.25, 0.3) is 0 Å². The minimum atomic E-state index is -4.79. The Morgan fingerprint density at radius 3 is 2.64 bits per heavy atom. The van der Waals surface area contributed by atoms with Gasteiger partial charge in [-0.3, -0.25) is 14.9 Å². The van der Waals surface area contributed by atoms with Gasteiger partial charge in [-0.05, 0) is 43.5 Å². The Morgan fingerprint density at radius 2 is 1.96 bits per heavy atom. The molecule has 3 rings (SSSR count). The highest BCUT2D eigenvalue weighted by Gasteiger charge is 2.31. The van der Waals surface area contributed by atoms with Gasteiger partial charge in [-0.25, -0.2) is 9.97 Å². The van der Waals surface area contributed by atoms with Crippen molar-refractivity contribution in [2.45, 2.75) is 32.7 Å². The van der Waals surface area contributed by atoms with Gasteiger partial charge in [-0.2, -0.15) is 0 Å². The molecule has 0 aliphatic heterocycles. The number of nitrogens with one attached hydrogen (secondary N) is 2. The number of anilines is 1. The van der Waals surface area contributed by atoms with Crippen molar-refractivity contribution in [2.24, 2.45) is 5.92 Å². The van der Waals surface area contributed by atoms with Crippen LogP contribution in [-0.2, 0) is 11.3 Å². The maximum atomic E-state index is 12.3. The summed E-state index contributed by atoms with van der Waals surface area (Å²) in [5, 5.41) is 5.15. The van der Waals surface area contributed by atoms with E-state index in [2.05, 4.69) is 25.3 Å². The summed E-state index contributed by atoms with van der Waals surface area (Å²) in [7, 11) is 0. The number of nitrogens with zero attached hydrogens (tertiary/aromatic N) is 2. The molecule has 0 atom stereocenters.